The first-order chi connectivity index (χ1) is 16.1. The number of nitrogens with zero attached hydrogens (tertiary/aromatic N) is 3. The number of aryl methyl sites for hydroxylation is 1. The monoisotopic (exact) mass is 447 g/mol. The van der Waals surface area contributed by atoms with Crippen LogP contribution in [0.5, 0.6) is 0 Å². The van der Waals surface area contributed by atoms with Gasteiger partial charge < -0.3 is 20.4 Å². The Bertz CT molecular complexity index is 955. The van der Waals surface area contributed by atoms with E-state index in [4.69, 9.17) is 4.99 Å². The van der Waals surface area contributed by atoms with Crippen LogP contribution < -0.4 is 15.5 Å². The zero-order valence-corrected chi connectivity index (χ0v) is 20.0. The fourth-order valence-electron chi connectivity index (χ4n) is 4.69. The molecule has 2 N–H and O–H groups in total. The van der Waals surface area contributed by atoms with Gasteiger partial charge in [0.25, 0.3) is 0 Å². The zero-order valence-electron chi connectivity index (χ0n) is 20.0. The molecule has 4 rings (SSSR count). The second kappa shape index (κ2) is 11.2. The lowest BCUT2D eigenvalue weighted by atomic mass is 10.0. The molecule has 1 unspecified atom stereocenters. The highest BCUT2D eigenvalue weighted by molar-refractivity contribution is 5.80. The number of carbonyl (C=O) groups excluding carboxylic acids is 1. The average Bonchev–Trinajstić information content (AvgIpc) is 3.23. The Kier molecular flexibility index (Phi) is 7.87. The first-order valence-corrected chi connectivity index (χ1v) is 12.3. The van der Waals surface area contributed by atoms with E-state index >= 15 is 0 Å². The summed E-state index contributed by atoms with van der Waals surface area (Å²) < 4.78 is 0. The molecule has 1 amide bonds. The summed E-state index contributed by atoms with van der Waals surface area (Å²) in [6.07, 6.45) is 3.97. The van der Waals surface area contributed by atoms with Gasteiger partial charge in [-0.05, 0) is 56.4 Å². The molecule has 33 heavy (non-hydrogen) atoms. The van der Waals surface area contributed by atoms with Gasteiger partial charge in [-0.25, -0.2) is 4.99 Å². The maximum absolute atomic E-state index is 12.0. The van der Waals surface area contributed by atoms with Crippen LogP contribution in [0.1, 0.15) is 49.3 Å². The average molecular weight is 448 g/mol. The summed E-state index contributed by atoms with van der Waals surface area (Å²) >= 11 is 0. The Morgan fingerprint density at radius 2 is 1.91 bits per heavy atom. The number of guanidine groups is 1. The number of benzene rings is 2. The molecule has 6 nitrogen and oxygen atoms in total. The van der Waals surface area contributed by atoms with E-state index in [0.717, 1.165) is 45.0 Å². The Hall–Kier alpha value is -3.02. The number of likely N-dealkylation sites (tertiary alicyclic amines) is 1. The lowest BCUT2D eigenvalue weighted by Gasteiger charge is -2.35. The molecular formula is C27H37N5O. The minimum Gasteiger partial charge on any atom is -0.369 e. The number of hydrogen-bond acceptors (Lipinski definition) is 3. The maximum Gasteiger partial charge on any atom is 0.222 e. The molecule has 0 bridgehead atoms. The first kappa shape index (κ1) is 23.1. The predicted molar refractivity (Wildman–Crippen MR) is 135 cm³/mol. The van der Waals surface area contributed by atoms with E-state index in [9.17, 15) is 4.79 Å². The second-order valence-corrected chi connectivity index (χ2v) is 9.20. The fraction of sp³-hybridized carbons (Fsp3) is 0.481. The van der Waals surface area contributed by atoms with Crippen LogP contribution in [0.25, 0.3) is 0 Å². The number of carbonyl (C=O) groups is 1. The van der Waals surface area contributed by atoms with Gasteiger partial charge >= 0.3 is 0 Å². The van der Waals surface area contributed by atoms with Crippen LogP contribution in [0.3, 0.4) is 0 Å². The largest absolute Gasteiger partial charge is 0.369 e. The van der Waals surface area contributed by atoms with E-state index in [2.05, 4.69) is 77.9 Å². The van der Waals surface area contributed by atoms with Crippen molar-refractivity contribution in [2.45, 2.75) is 58.7 Å². The first-order valence-electron chi connectivity index (χ1n) is 12.3. The van der Waals surface area contributed by atoms with Crippen LogP contribution in [0.15, 0.2) is 53.5 Å². The van der Waals surface area contributed by atoms with Gasteiger partial charge in [0.1, 0.15) is 0 Å². The van der Waals surface area contributed by atoms with Crippen LogP contribution in [0.2, 0.25) is 0 Å². The van der Waals surface area contributed by atoms with Gasteiger partial charge in [0.2, 0.25) is 5.91 Å². The molecule has 0 aliphatic carbocycles. The molecule has 176 valence electrons. The molecule has 0 aromatic heterocycles. The van der Waals surface area contributed by atoms with Crippen molar-refractivity contribution in [2.75, 3.05) is 31.1 Å². The molecule has 2 fully saturated rings. The summed E-state index contributed by atoms with van der Waals surface area (Å²) in [6.45, 7) is 9.33. The van der Waals surface area contributed by atoms with Crippen LogP contribution in [-0.2, 0) is 17.9 Å². The van der Waals surface area contributed by atoms with Crippen molar-refractivity contribution in [3.05, 3.63) is 65.2 Å². The minimum absolute atomic E-state index is 0.268. The normalized spacial score (nSPS) is 19.2. The molecule has 0 radical (unpaired) electrons. The van der Waals surface area contributed by atoms with Gasteiger partial charge in [0, 0.05) is 50.9 Å². The highest BCUT2D eigenvalue weighted by atomic mass is 16.2. The summed E-state index contributed by atoms with van der Waals surface area (Å²) in [6, 6.07) is 17.6. The van der Waals surface area contributed by atoms with E-state index in [-0.39, 0.29) is 5.91 Å². The van der Waals surface area contributed by atoms with Crippen molar-refractivity contribution in [3.63, 3.8) is 0 Å². The standard InChI is InChI=1S/C27H37N5O/c1-3-28-27(30-24-9-5-15-31(20-24)25-13-11-21(2)12-14-25)29-18-22-7-4-8-23(17-22)19-32-16-6-10-26(32)33/h4,7-8,11-14,17,24H,3,5-6,9-10,15-16,18-20H2,1-2H3,(H2,28,29,30). The Morgan fingerprint density at radius 3 is 2.67 bits per heavy atom. The number of rotatable bonds is 7. The van der Waals surface area contributed by atoms with Crippen molar-refractivity contribution in [1.82, 2.24) is 15.5 Å². The van der Waals surface area contributed by atoms with Gasteiger partial charge in [0.05, 0.1) is 6.54 Å². The van der Waals surface area contributed by atoms with Gasteiger partial charge in [-0.3, -0.25) is 4.79 Å². The molecule has 2 saturated heterocycles. The smallest absolute Gasteiger partial charge is 0.222 e. The van der Waals surface area contributed by atoms with Crippen molar-refractivity contribution in [1.29, 1.82) is 0 Å². The highest BCUT2D eigenvalue weighted by Gasteiger charge is 2.21. The van der Waals surface area contributed by atoms with Crippen molar-refractivity contribution >= 4 is 17.6 Å². The third-order valence-electron chi connectivity index (χ3n) is 6.46. The van der Waals surface area contributed by atoms with Crippen LogP contribution in [0, 0.1) is 6.92 Å². The van der Waals surface area contributed by atoms with E-state index in [1.54, 1.807) is 0 Å². The second-order valence-electron chi connectivity index (χ2n) is 9.20. The summed E-state index contributed by atoms with van der Waals surface area (Å²) in [4.78, 5) is 21.2. The number of anilines is 1. The third kappa shape index (κ3) is 6.50. The van der Waals surface area contributed by atoms with Crippen LogP contribution >= 0.6 is 0 Å². The van der Waals surface area contributed by atoms with E-state index in [1.807, 2.05) is 4.90 Å². The summed E-state index contributed by atoms with van der Waals surface area (Å²) in [5, 5.41) is 7.07. The molecular weight excluding hydrogens is 410 g/mol. The molecule has 2 aromatic carbocycles. The van der Waals surface area contributed by atoms with Crippen molar-refractivity contribution in [2.24, 2.45) is 4.99 Å². The van der Waals surface area contributed by atoms with Gasteiger partial charge in [-0.15, -0.1) is 0 Å². The summed E-state index contributed by atoms with van der Waals surface area (Å²) in [7, 11) is 0. The number of aliphatic imine (C=N–C) groups is 1. The van der Waals surface area contributed by atoms with Crippen molar-refractivity contribution in [3.8, 4) is 0 Å². The minimum atomic E-state index is 0.268. The molecule has 2 aliphatic rings. The molecule has 6 heteroatoms. The Labute approximate surface area is 198 Å². The number of nitrogens with one attached hydrogen (secondary N) is 2. The zero-order chi connectivity index (χ0) is 23.0. The summed E-state index contributed by atoms with van der Waals surface area (Å²) in [5.41, 5.74) is 4.93. The van der Waals surface area contributed by atoms with E-state index < -0.39 is 0 Å². The number of piperidine rings is 1. The molecule has 0 saturated carbocycles. The third-order valence-corrected chi connectivity index (χ3v) is 6.46. The topological polar surface area (TPSA) is 60.0 Å². The lowest BCUT2D eigenvalue weighted by Crippen LogP contribution is -2.51. The molecule has 0 spiro atoms. The van der Waals surface area contributed by atoms with Crippen LogP contribution in [-0.4, -0.2) is 49.0 Å². The van der Waals surface area contributed by atoms with E-state index in [0.29, 0.717) is 25.6 Å². The van der Waals surface area contributed by atoms with Gasteiger partial charge in [-0.1, -0.05) is 42.0 Å². The van der Waals surface area contributed by atoms with Gasteiger partial charge in [-0.2, -0.15) is 0 Å². The number of hydrogen-bond donors (Lipinski definition) is 2. The molecule has 2 heterocycles. The molecule has 1 atom stereocenters. The number of amides is 1. The van der Waals surface area contributed by atoms with E-state index in [1.165, 1.54) is 28.8 Å². The van der Waals surface area contributed by atoms with Gasteiger partial charge in [0.15, 0.2) is 5.96 Å². The lowest BCUT2D eigenvalue weighted by molar-refractivity contribution is -0.128. The SMILES string of the molecule is CCNC(=NCc1cccc(CN2CCCC2=O)c1)NC1CCCN(c2ccc(C)cc2)C1. The Morgan fingerprint density at radius 1 is 1.09 bits per heavy atom. The Balaban J connectivity index is 1.36. The maximum atomic E-state index is 12.0. The highest BCUT2D eigenvalue weighted by Crippen LogP contribution is 2.20. The summed E-state index contributed by atoms with van der Waals surface area (Å²) in [5.74, 6) is 1.14. The quantitative estimate of drug-likeness (QED) is 0.500. The predicted octanol–water partition coefficient (Wildman–Crippen LogP) is 3.84. The molecule has 2 aliphatic heterocycles. The van der Waals surface area contributed by atoms with Crippen LogP contribution in [0.4, 0.5) is 5.69 Å². The molecule has 2 aromatic rings. The van der Waals surface area contributed by atoms with Crippen molar-refractivity contribution < 1.29 is 4.79 Å². The fourth-order valence-corrected chi connectivity index (χ4v) is 4.69.